The molecule has 0 fully saturated rings. The molecule has 1 rings (SSSR count). The molecule has 0 radical (unpaired) electrons. The maximum Gasteiger partial charge on any atom is 0.329 e. The lowest BCUT2D eigenvalue weighted by molar-refractivity contribution is 0.734. The van der Waals surface area contributed by atoms with Crippen LogP contribution in [0, 0.1) is 0 Å². The van der Waals surface area contributed by atoms with E-state index >= 15 is 0 Å². The summed E-state index contributed by atoms with van der Waals surface area (Å²) in [4.78, 5) is 17.2. The second kappa shape index (κ2) is 3.61. The van der Waals surface area contributed by atoms with Crippen LogP contribution in [0.25, 0.3) is 0 Å². The first kappa shape index (κ1) is 8.38. The number of hydrogen-bond donors (Lipinski definition) is 1. The molecule has 12 heavy (non-hydrogen) atoms. The van der Waals surface area contributed by atoms with Crippen LogP contribution in [0.3, 0.4) is 0 Å². The van der Waals surface area contributed by atoms with Crippen LogP contribution in [-0.4, -0.2) is 20.7 Å². The van der Waals surface area contributed by atoms with E-state index in [0.717, 1.165) is 0 Å². The number of nitrogens with zero attached hydrogens (tertiary/aromatic N) is 4. The Labute approximate surface area is 68.3 Å². The summed E-state index contributed by atoms with van der Waals surface area (Å²) in [5, 5.41) is 7.19. The van der Waals surface area contributed by atoms with E-state index in [0.29, 0.717) is 0 Å². The quantitative estimate of drug-likeness (QED) is 0.431. The Morgan fingerprint density at radius 1 is 1.75 bits per heavy atom. The number of H-pyrrole nitrogens is 1. The van der Waals surface area contributed by atoms with Crippen molar-refractivity contribution in [1.29, 1.82) is 0 Å². The first-order chi connectivity index (χ1) is 5.74. The van der Waals surface area contributed by atoms with E-state index in [2.05, 4.69) is 20.2 Å². The Morgan fingerprint density at radius 2 is 2.50 bits per heavy atom. The van der Waals surface area contributed by atoms with Gasteiger partial charge in [0.25, 0.3) is 5.62 Å². The van der Waals surface area contributed by atoms with E-state index in [9.17, 15) is 4.79 Å². The lowest BCUT2D eigenvalue weighted by atomic mass is 10.9. The lowest BCUT2D eigenvalue weighted by Gasteiger charge is -1.91. The van der Waals surface area contributed by atoms with Crippen molar-refractivity contribution in [3.05, 3.63) is 22.4 Å². The molecule has 0 saturated carbocycles. The minimum Gasteiger partial charge on any atom is -0.287 e. The Morgan fingerprint density at radius 3 is 3.08 bits per heavy atom. The summed E-state index contributed by atoms with van der Waals surface area (Å²) in [6.45, 7) is 1.73. The fraction of sp³-hybridized carbons (Fsp3) is 0.333. The Balaban J connectivity index is 3.22. The van der Waals surface area contributed by atoms with E-state index in [1.54, 1.807) is 14.0 Å². The van der Waals surface area contributed by atoms with Crippen LogP contribution in [0.4, 0.5) is 0 Å². The zero-order chi connectivity index (χ0) is 8.97. The van der Waals surface area contributed by atoms with E-state index in [4.69, 9.17) is 0 Å². The highest BCUT2D eigenvalue weighted by molar-refractivity contribution is 5.52. The van der Waals surface area contributed by atoms with E-state index < -0.39 is 0 Å². The summed E-state index contributed by atoms with van der Waals surface area (Å²) in [6.07, 6.45) is 2.88. The average molecular weight is 167 g/mol. The number of nitrogens with one attached hydrogen (secondary N) is 1. The molecule has 0 aliphatic rings. The molecule has 0 unspecified atom stereocenters. The van der Waals surface area contributed by atoms with Crippen LogP contribution in [0.2, 0.25) is 0 Å². The van der Waals surface area contributed by atoms with Crippen molar-refractivity contribution >= 4 is 6.21 Å². The summed E-state index contributed by atoms with van der Waals surface area (Å²) >= 11 is 0. The molecule has 0 aromatic carbocycles. The minimum atomic E-state index is -0.268. The Bertz CT molecular complexity index is 399. The Kier molecular flexibility index (Phi) is 2.52. The summed E-state index contributed by atoms with van der Waals surface area (Å²) in [5.74, 6) is 0. The van der Waals surface area contributed by atoms with Gasteiger partial charge in [-0.2, -0.15) is 5.10 Å². The van der Waals surface area contributed by atoms with Gasteiger partial charge in [-0.1, -0.05) is 0 Å². The maximum atomic E-state index is 11.0. The molecule has 0 saturated heterocycles. The standard InChI is InChI=1S/C6H9N5O/c1-3-8-10-5-7-4-11(2)6(12)9-5/h3-4H,1-2H3,(H,9,10,12)/b8-3-. The monoisotopic (exact) mass is 167 g/mol. The lowest BCUT2D eigenvalue weighted by Crippen LogP contribution is -2.29. The van der Waals surface area contributed by atoms with E-state index in [1.807, 2.05) is 0 Å². The van der Waals surface area contributed by atoms with E-state index in [1.165, 1.54) is 17.1 Å². The van der Waals surface area contributed by atoms with Gasteiger partial charge in [-0.25, -0.2) is 9.78 Å². The van der Waals surface area contributed by atoms with Gasteiger partial charge in [0, 0.05) is 13.3 Å². The number of rotatable bonds is 1. The van der Waals surface area contributed by atoms with Gasteiger partial charge >= 0.3 is 5.69 Å². The zero-order valence-corrected chi connectivity index (χ0v) is 6.85. The molecule has 1 heterocycles. The number of aromatic nitrogens is 3. The number of aromatic amines is 1. The van der Waals surface area contributed by atoms with Crippen LogP contribution in [-0.2, 0) is 7.05 Å². The summed E-state index contributed by atoms with van der Waals surface area (Å²) in [7, 11) is 1.60. The smallest absolute Gasteiger partial charge is 0.287 e. The van der Waals surface area contributed by atoms with Gasteiger partial charge in [-0.3, -0.25) is 9.55 Å². The van der Waals surface area contributed by atoms with Gasteiger partial charge in [0.1, 0.15) is 6.33 Å². The molecule has 64 valence electrons. The fourth-order valence-corrected chi connectivity index (χ4v) is 0.573. The third-order valence-electron chi connectivity index (χ3n) is 1.16. The van der Waals surface area contributed by atoms with Gasteiger partial charge in [0.15, 0.2) is 0 Å². The van der Waals surface area contributed by atoms with Crippen LogP contribution in [0.1, 0.15) is 6.92 Å². The second-order valence-corrected chi connectivity index (χ2v) is 2.08. The van der Waals surface area contributed by atoms with E-state index in [-0.39, 0.29) is 11.3 Å². The number of aryl methyl sites for hydroxylation is 1. The molecular weight excluding hydrogens is 158 g/mol. The van der Waals surface area contributed by atoms with Crippen molar-refractivity contribution in [2.24, 2.45) is 17.3 Å². The molecule has 0 spiro atoms. The van der Waals surface area contributed by atoms with Crippen molar-refractivity contribution in [2.75, 3.05) is 0 Å². The van der Waals surface area contributed by atoms with Crippen molar-refractivity contribution in [3.8, 4) is 0 Å². The Hall–Kier alpha value is -1.72. The first-order valence-corrected chi connectivity index (χ1v) is 3.37. The predicted octanol–water partition coefficient (Wildman–Crippen LogP) is -0.985. The van der Waals surface area contributed by atoms with Crippen molar-refractivity contribution in [2.45, 2.75) is 6.92 Å². The van der Waals surface area contributed by atoms with Crippen molar-refractivity contribution in [3.63, 3.8) is 0 Å². The molecule has 1 aromatic heterocycles. The second-order valence-electron chi connectivity index (χ2n) is 2.08. The van der Waals surface area contributed by atoms with Crippen molar-refractivity contribution < 1.29 is 0 Å². The van der Waals surface area contributed by atoms with Gasteiger partial charge in [-0.05, 0) is 6.92 Å². The topological polar surface area (TPSA) is 75.4 Å². The minimum absolute atomic E-state index is 0.205. The molecule has 0 aliphatic carbocycles. The predicted molar refractivity (Wildman–Crippen MR) is 43.6 cm³/mol. The molecule has 1 aromatic rings. The normalized spacial score (nSPS) is 12.7. The van der Waals surface area contributed by atoms with Crippen molar-refractivity contribution in [1.82, 2.24) is 14.5 Å². The molecule has 1 N–H and O–H groups in total. The highest BCUT2D eigenvalue weighted by Crippen LogP contribution is 1.62. The first-order valence-electron chi connectivity index (χ1n) is 3.37. The summed E-state index contributed by atoms with van der Waals surface area (Å²) in [5.41, 5.74) is -0.0637. The number of hydrogen-bond acceptors (Lipinski definition) is 4. The summed E-state index contributed by atoms with van der Waals surface area (Å²) in [6, 6.07) is 0. The average Bonchev–Trinajstić information content (AvgIpc) is 2.07. The molecule has 0 atom stereocenters. The maximum absolute atomic E-state index is 11.0. The molecular formula is C6H9N5O. The van der Waals surface area contributed by atoms with Crippen LogP contribution in [0.5, 0.6) is 0 Å². The molecule has 6 nitrogen and oxygen atoms in total. The highest BCUT2D eigenvalue weighted by Gasteiger charge is 1.87. The van der Waals surface area contributed by atoms with Crippen LogP contribution < -0.4 is 11.3 Å². The van der Waals surface area contributed by atoms with Crippen LogP contribution in [0.15, 0.2) is 21.3 Å². The molecule has 0 bridgehead atoms. The van der Waals surface area contributed by atoms with Gasteiger partial charge in [-0.15, -0.1) is 5.10 Å². The van der Waals surface area contributed by atoms with Gasteiger partial charge in [0.05, 0.1) is 0 Å². The fourth-order valence-electron chi connectivity index (χ4n) is 0.573. The highest BCUT2D eigenvalue weighted by atomic mass is 16.1. The SMILES string of the molecule is C/C=N\N=c1\ncn(C)c(=O)[nH]1. The summed E-state index contributed by atoms with van der Waals surface area (Å²) < 4.78 is 1.31. The molecule has 0 aliphatic heterocycles. The molecule has 6 heteroatoms. The van der Waals surface area contributed by atoms with Gasteiger partial charge in [0.2, 0.25) is 0 Å². The zero-order valence-electron chi connectivity index (χ0n) is 6.85. The third kappa shape index (κ3) is 1.88. The largest absolute Gasteiger partial charge is 0.329 e. The van der Waals surface area contributed by atoms with Crippen LogP contribution >= 0.6 is 0 Å². The molecule has 0 amide bonds. The van der Waals surface area contributed by atoms with Gasteiger partial charge < -0.3 is 0 Å². The third-order valence-corrected chi connectivity index (χ3v) is 1.16.